The molecule has 0 aromatic heterocycles. The van der Waals surface area contributed by atoms with Crippen LogP contribution < -0.4 is 5.32 Å². The van der Waals surface area contributed by atoms with Crippen LogP contribution in [-0.2, 0) is 14.3 Å². The van der Waals surface area contributed by atoms with Crippen molar-refractivity contribution in [1.82, 2.24) is 0 Å². The van der Waals surface area contributed by atoms with Gasteiger partial charge in [-0.15, -0.1) is 0 Å². The molecule has 20 heavy (non-hydrogen) atoms. The summed E-state index contributed by atoms with van der Waals surface area (Å²) in [5.74, 6) is -1.78. The van der Waals surface area contributed by atoms with Gasteiger partial charge in [0, 0.05) is 12.1 Å². The number of hydrogen-bond acceptors (Lipinski definition) is 6. The van der Waals surface area contributed by atoms with Crippen LogP contribution in [0.15, 0.2) is 18.2 Å². The van der Waals surface area contributed by atoms with Crippen molar-refractivity contribution in [3.05, 3.63) is 33.9 Å². The number of esters is 1. The molecule has 0 heterocycles. The molecule has 1 rings (SSSR count). The first-order chi connectivity index (χ1) is 9.35. The van der Waals surface area contributed by atoms with E-state index in [4.69, 9.17) is 0 Å². The van der Waals surface area contributed by atoms with Gasteiger partial charge >= 0.3 is 5.97 Å². The van der Waals surface area contributed by atoms with Crippen LogP contribution in [0.25, 0.3) is 0 Å². The number of methoxy groups -OCH3 is 1. The van der Waals surface area contributed by atoms with Gasteiger partial charge < -0.3 is 10.1 Å². The molecule has 1 aromatic rings. The molecule has 8 nitrogen and oxygen atoms in total. The number of ketones is 1. The molecule has 1 amide bonds. The van der Waals surface area contributed by atoms with Crippen molar-refractivity contribution in [3.8, 4) is 0 Å². The Hall–Kier alpha value is -2.77. The van der Waals surface area contributed by atoms with Gasteiger partial charge in [-0.05, 0) is 13.0 Å². The van der Waals surface area contributed by atoms with Crippen molar-refractivity contribution >= 4 is 29.0 Å². The molecule has 0 saturated carbocycles. The van der Waals surface area contributed by atoms with Crippen LogP contribution in [0.3, 0.4) is 0 Å². The molecule has 0 aliphatic rings. The van der Waals surface area contributed by atoms with E-state index in [-0.39, 0.29) is 29.1 Å². The third-order valence-electron chi connectivity index (χ3n) is 2.30. The van der Waals surface area contributed by atoms with Crippen LogP contribution >= 0.6 is 0 Å². The minimum Gasteiger partial charge on any atom is -0.465 e. The number of Topliss-reactive ketones (excluding diaryl/α,β-unsaturated/α-hetero) is 1. The number of nitrogens with zero attached hydrogens (tertiary/aromatic N) is 1. The number of nitro benzene ring substituents is 1. The number of rotatable bonds is 5. The van der Waals surface area contributed by atoms with Gasteiger partial charge in [-0.1, -0.05) is 0 Å². The molecule has 0 atom stereocenters. The molecule has 0 radical (unpaired) electrons. The average molecular weight is 280 g/mol. The highest BCUT2D eigenvalue weighted by atomic mass is 16.6. The minimum absolute atomic E-state index is 0.0497. The van der Waals surface area contributed by atoms with Crippen molar-refractivity contribution in [2.75, 3.05) is 12.4 Å². The largest absolute Gasteiger partial charge is 0.465 e. The summed E-state index contributed by atoms with van der Waals surface area (Å²) in [4.78, 5) is 43.8. The number of hydrogen-bond donors (Lipinski definition) is 1. The summed E-state index contributed by atoms with van der Waals surface area (Å²) >= 11 is 0. The molecule has 1 aromatic carbocycles. The van der Waals surface area contributed by atoms with Crippen molar-refractivity contribution < 1.29 is 24.0 Å². The van der Waals surface area contributed by atoms with Crippen molar-refractivity contribution in [2.45, 2.75) is 13.3 Å². The quantitative estimate of drug-likeness (QED) is 0.376. The Balaban J connectivity index is 3.12. The monoisotopic (exact) mass is 280 g/mol. The van der Waals surface area contributed by atoms with Gasteiger partial charge in [0.05, 0.1) is 29.7 Å². The summed E-state index contributed by atoms with van der Waals surface area (Å²) < 4.78 is 4.49. The molecular formula is C12H12N2O6. The van der Waals surface area contributed by atoms with E-state index in [0.717, 1.165) is 19.2 Å². The lowest BCUT2D eigenvalue weighted by Gasteiger charge is -2.09. The van der Waals surface area contributed by atoms with Crippen LogP contribution in [0.5, 0.6) is 0 Å². The van der Waals surface area contributed by atoms with Crippen molar-refractivity contribution in [3.63, 3.8) is 0 Å². The van der Waals surface area contributed by atoms with E-state index in [1.807, 2.05) is 0 Å². The first kappa shape index (κ1) is 15.3. The van der Waals surface area contributed by atoms with E-state index in [1.165, 1.54) is 13.0 Å². The Morgan fingerprint density at radius 3 is 2.50 bits per heavy atom. The predicted octanol–water partition coefficient (Wildman–Crippen LogP) is 1.30. The molecule has 0 spiro atoms. The van der Waals surface area contributed by atoms with Crippen LogP contribution in [0.2, 0.25) is 0 Å². The second-order valence-corrected chi connectivity index (χ2v) is 3.91. The highest BCUT2D eigenvalue weighted by molar-refractivity contribution is 6.07. The Labute approximate surface area is 113 Å². The van der Waals surface area contributed by atoms with E-state index in [2.05, 4.69) is 10.1 Å². The maximum absolute atomic E-state index is 11.5. The SMILES string of the molecule is COC(=O)c1cc([N+](=O)[O-])ccc1NC(=O)CC(C)=O. The number of non-ortho nitro benzene ring substituents is 1. The number of amides is 1. The number of benzene rings is 1. The summed E-state index contributed by atoms with van der Waals surface area (Å²) in [7, 11) is 1.11. The van der Waals surface area contributed by atoms with Gasteiger partial charge in [-0.3, -0.25) is 19.7 Å². The zero-order chi connectivity index (χ0) is 15.3. The maximum atomic E-state index is 11.5. The van der Waals surface area contributed by atoms with Crippen molar-refractivity contribution in [1.29, 1.82) is 0 Å². The van der Waals surface area contributed by atoms with Crippen LogP contribution in [0.4, 0.5) is 11.4 Å². The molecule has 0 aliphatic carbocycles. The van der Waals surface area contributed by atoms with Gasteiger partial charge in [-0.2, -0.15) is 0 Å². The highest BCUT2D eigenvalue weighted by Crippen LogP contribution is 2.23. The number of anilines is 1. The normalized spacial score (nSPS) is 9.70. The second kappa shape index (κ2) is 6.41. The molecule has 106 valence electrons. The fourth-order valence-corrected chi connectivity index (χ4v) is 1.45. The van der Waals surface area contributed by atoms with Gasteiger partial charge in [-0.25, -0.2) is 4.79 Å². The highest BCUT2D eigenvalue weighted by Gasteiger charge is 2.19. The van der Waals surface area contributed by atoms with E-state index in [9.17, 15) is 24.5 Å². The van der Waals surface area contributed by atoms with Gasteiger partial charge in [0.15, 0.2) is 0 Å². The molecule has 1 N–H and O–H groups in total. The first-order valence-electron chi connectivity index (χ1n) is 5.51. The number of nitro groups is 1. The minimum atomic E-state index is -0.827. The first-order valence-corrected chi connectivity index (χ1v) is 5.51. The van der Waals surface area contributed by atoms with Gasteiger partial charge in [0.1, 0.15) is 5.78 Å². The zero-order valence-electron chi connectivity index (χ0n) is 10.8. The fraction of sp³-hybridized carbons (Fsp3) is 0.250. The molecule has 0 aliphatic heterocycles. The number of carbonyl (C=O) groups is 3. The van der Waals surface area contributed by atoms with Crippen LogP contribution in [-0.4, -0.2) is 29.7 Å². The summed E-state index contributed by atoms with van der Waals surface area (Å²) in [6.45, 7) is 1.25. The number of carbonyl (C=O) groups excluding carboxylic acids is 3. The lowest BCUT2D eigenvalue weighted by atomic mass is 10.1. The standard InChI is InChI=1S/C12H12N2O6/c1-7(15)5-11(16)13-10-4-3-8(14(18)19)6-9(10)12(17)20-2/h3-4,6H,5H2,1-2H3,(H,13,16). The molecule has 0 bridgehead atoms. The lowest BCUT2D eigenvalue weighted by molar-refractivity contribution is -0.384. The predicted molar refractivity (Wildman–Crippen MR) is 68.4 cm³/mol. The maximum Gasteiger partial charge on any atom is 0.340 e. The number of nitrogens with one attached hydrogen (secondary N) is 1. The summed E-state index contributed by atoms with van der Waals surface area (Å²) in [5.41, 5.74) is -0.415. The van der Waals surface area contributed by atoms with E-state index in [0.29, 0.717) is 0 Å². The summed E-state index contributed by atoms with van der Waals surface area (Å²) in [6.07, 6.45) is -0.350. The molecule has 0 unspecified atom stereocenters. The van der Waals surface area contributed by atoms with Crippen LogP contribution in [0, 0.1) is 10.1 Å². The van der Waals surface area contributed by atoms with Gasteiger partial charge in [0.2, 0.25) is 5.91 Å². The lowest BCUT2D eigenvalue weighted by Crippen LogP contribution is -2.17. The zero-order valence-corrected chi connectivity index (χ0v) is 10.8. The average Bonchev–Trinajstić information content (AvgIpc) is 2.36. The van der Waals surface area contributed by atoms with Gasteiger partial charge in [0.25, 0.3) is 5.69 Å². The molecular weight excluding hydrogens is 268 g/mol. The second-order valence-electron chi connectivity index (χ2n) is 3.91. The Morgan fingerprint density at radius 1 is 1.35 bits per heavy atom. The van der Waals surface area contributed by atoms with Crippen LogP contribution in [0.1, 0.15) is 23.7 Å². The topological polar surface area (TPSA) is 116 Å². The van der Waals surface area contributed by atoms with Crippen molar-refractivity contribution in [2.24, 2.45) is 0 Å². The molecule has 0 saturated heterocycles. The Morgan fingerprint density at radius 2 is 2.00 bits per heavy atom. The fourth-order valence-electron chi connectivity index (χ4n) is 1.45. The molecule has 0 fully saturated rings. The van der Waals surface area contributed by atoms with E-state index in [1.54, 1.807) is 0 Å². The third-order valence-corrected chi connectivity index (χ3v) is 2.30. The molecule has 8 heteroatoms. The summed E-state index contributed by atoms with van der Waals surface area (Å²) in [5, 5.41) is 13.0. The Kier molecular flexibility index (Phi) is 4.90. The smallest absolute Gasteiger partial charge is 0.340 e. The summed E-state index contributed by atoms with van der Waals surface area (Å²) in [6, 6.07) is 3.34. The van der Waals surface area contributed by atoms with E-state index < -0.39 is 16.8 Å². The number of ether oxygens (including phenoxy) is 1. The van der Waals surface area contributed by atoms with E-state index >= 15 is 0 Å². The third kappa shape index (κ3) is 3.87. The Bertz CT molecular complexity index is 581.